The van der Waals surface area contributed by atoms with Crippen molar-refractivity contribution in [2.24, 2.45) is 5.92 Å². The average molecular weight is 270 g/mol. The quantitative estimate of drug-likeness (QED) is 0.882. The molecule has 1 atom stereocenters. The summed E-state index contributed by atoms with van der Waals surface area (Å²) in [5.41, 5.74) is 1.84. The van der Waals surface area contributed by atoms with Gasteiger partial charge in [0.1, 0.15) is 0 Å². The molecule has 0 saturated carbocycles. The van der Waals surface area contributed by atoms with Crippen LogP contribution in [-0.2, 0) is 6.61 Å². The molecule has 0 radical (unpaired) electrons. The summed E-state index contributed by atoms with van der Waals surface area (Å²) in [4.78, 5) is 2.25. The van der Waals surface area contributed by atoms with Gasteiger partial charge in [0.05, 0.1) is 17.3 Å². The summed E-state index contributed by atoms with van der Waals surface area (Å²) in [5, 5.41) is 19.2. The van der Waals surface area contributed by atoms with E-state index < -0.39 is 0 Å². The first-order valence-electron chi connectivity index (χ1n) is 6.50. The van der Waals surface area contributed by atoms with Crippen LogP contribution in [0, 0.1) is 5.92 Å². The maximum absolute atomic E-state index is 9.42. The van der Waals surface area contributed by atoms with Crippen LogP contribution >= 0.6 is 11.6 Å². The Balaban J connectivity index is 2.20. The zero-order chi connectivity index (χ0) is 13.0. The minimum atomic E-state index is 0.0110. The summed E-state index contributed by atoms with van der Waals surface area (Å²) in [5.74, 6) is 0.520. The lowest BCUT2D eigenvalue weighted by Crippen LogP contribution is -2.36. The van der Waals surface area contributed by atoms with E-state index in [1.165, 1.54) is 0 Å². The SMILES string of the molecule is OCCC1CCCN(c2c(Cl)cccc2CO)C1. The molecule has 0 amide bonds. The average Bonchev–Trinajstić information content (AvgIpc) is 2.39. The standard InChI is InChI=1S/C14H20ClNO2/c15-13-5-1-4-12(10-18)14(13)16-7-2-3-11(9-16)6-8-17/h1,4-5,11,17-18H,2-3,6-10H2. The molecule has 0 aromatic heterocycles. The Morgan fingerprint density at radius 1 is 1.33 bits per heavy atom. The third-order valence-electron chi connectivity index (χ3n) is 3.61. The molecule has 1 aromatic carbocycles. The van der Waals surface area contributed by atoms with Crippen LogP contribution in [0.4, 0.5) is 5.69 Å². The fourth-order valence-corrected chi connectivity index (χ4v) is 3.04. The number of halogens is 1. The summed E-state index contributed by atoms with van der Waals surface area (Å²) in [6, 6.07) is 5.65. The first kappa shape index (κ1) is 13.7. The van der Waals surface area contributed by atoms with Crippen molar-refractivity contribution in [1.29, 1.82) is 0 Å². The smallest absolute Gasteiger partial charge is 0.0702 e. The lowest BCUT2D eigenvalue weighted by atomic mass is 9.94. The molecule has 0 spiro atoms. The fraction of sp³-hybridized carbons (Fsp3) is 0.571. The van der Waals surface area contributed by atoms with Crippen molar-refractivity contribution in [2.45, 2.75) is 25.9 Å². The number of hydrogen-bond acceptors (Lipinski definition) is 3. The third kappa shape index (κ3) is 2.97. The summed E-state index contributed by atoms with van der Waals surface area (Å²) < 4.78 is 0. The molecular weight excluding hydrogens is 250 g/mol. The van der Waals surface area contributed by atoms with Crippen LogP contribution in [0.25, 0.3) is 0 Å². The Bertz CT molecular complexity index is 395. The van der Waals surface area contributed by atoms with Gasteiger partial charge >= 0.3 is 0 Å². The van der Waals surface area contributed by atoms with Crippen LogP contribution < -0.4 is 4.90 Å². The zero-order valence-corrected chi connectivity index (χ0v) is 11.2. The van der Waals surface area contributed by atoms with Crippen molar-refractivity contribution >= 4 is 17.3 Å². The van der Waals surface area contributed by atoms with Gasteiger partial charge in [0.15, 0.2) is 0 Å². The number of hydrogen-bond donors (Lipinski definition) is 2. The van der Waals surface area contributed by atoms with E-state index in [2.05, 4.69) is 4.90 Å². The number of benzene rings is 1. The molecule has 2 N–H and O–H groups in total. The largest absolute Gasteiger partial charge is 0.396 e. The number of nitrogens with zero attached hydrogens (tertiary/aromatic N) is 1. The maximum Gasteiger partial charge on any atom is 0.0702 e. The van der Waals surface area contributed by atoms with Gasteiger partial charge in [0, 0.05) is 25.3 Å². The van der Waals surface area contributed by atoms with E-state index in [-0.39, 0.29) is 13.2 Å². The molecule has 3 nitrogen and oxygen atoms in total. The van der Waals surface area contributed by atoms with E-state index in [0.29, 0.717) is 10.9 Å². The van der Waals surface area contributed by atoms with Crippen molar-refractivity contribution in [3.8, 4) is 0 Å². The second kappa shape index (κ2) is 6.41. The Hall–Kier alpha value is -0.770. The van der Waals surface area contributed by atoms with Crippen molar-refractivity contribution < 1.29 is 10.2 Å². The monoisotopic (exact) mass is 269 g/mol. The summed E-state index contributed by atoms with van der Waals surface area (Å²) in [7, 11) is 0. The van der Waals surface area contributed by atoms with Crippen LogP contribution in [-0.4, -0.2) is 29.9 Å². The molecule has 4 heteroatoms. The predicted molar refractivity (Wildman–Crippen MR) is 74.0 cm³/mol. The number of rotatable bonds is 4. The zero-order valence-electron chi connectivity index (χ0n) is 10.5. The van der Waals surface area contributed by atoms with E-state index in [0.717, 1.165) is 43.6 Å². The highest BCUT2D eigenvalue weighted by molar-refractivity contribution is 6.33. The molecule has 18 heavy (non-hydrogen) atoms. The molecule has 0 bridgehead atoms. The van der Waals surface area contributed by atoms with E-state index >= 15 is 0 Å². The van der Waals surface area contributed by atoms with Crippen LogP contribution in [0.5, 0.6) is 0 Å². The van der Waals surface area contributed by atoms with Crippen LogP contribution in [0.3, 0.4) is 0 Å². The van der Waals surface area contributed by atoms with Gasteiger partial charge in [0.2, 0.25) is 0 Å². The minimum Gasteiger partial charge on any atom is -0.396 e. The molecule has 1 fully saturated rings. The summed E-state index contributed by atoms with van der Waals surface area (Å²) >= 11 is 6.26. The second-order valence-electron chi connectivity index (χ2n) is 4.87. The lowest BCUT2D eigenvalue weighted by Gasteiger charge is -2.35. The Morgan fingerprint density at radius 2 is 2.17 bits per heavy atom. The molecular formula is C14H20ClNO2. The number of para-hydroxylation sites is 1. The van der Waals surface area contributed by atoms with Crippen LogP contribution in [0.2, 0.25) is 5.02 Å². The highest BCUT2D eigenvalue weighted by atomic mass is 35.5. The molecule has 1 heterocycles. The van der Waals surface area contributed by atoms with Crippen molar-refractivity contribution in [2.75, 3.05) is 24.6 Å². The van der Waals surface area contributed by atoms with E-state index in [4.69, 9.17) is 16.7 Å². The fourth-order valence-electron chi connectivity index (χ4n) is 2.73. The Labute approximate surface area is 113 Å². The Morgan fingerprint density at radius 3 is 2.89 bits per heavy atom. The highest BCUT2D eigenvalue weighted by Crippen LogP contribution is 2.33. The second-order valence-corrected chi connectivity index (χ2v) is 5.28. The van der Waals surface area contributed by atoms with Gasteiger partial charge in [-0.15, -0.1) is 0 Å². The van der Waals surface area contributed by atoms with Crippen LogP contribution in [0.1, 0.15) is 24.8 Å². The third-order valence-corrected chi connectivity index (χ3v) is 3.92. The van der Waals surface area contributed by atoms with Gasteiger partial charge in [-0.05, 0) is 31.2 Å². The number of anilines is 1. The van der Waals surface area contributed by atoms with Gasteiger partial charge in [-0.1, -0.05) is 23.7 Å². The first-order chi connectivity index (χ1) is 8.76. The molecule has 1 saturated heterocycles. The summed E-state index contributed by atoms with van der Waals surface area (Å²) in [6.45, 7) is 2.14. The molecule has 1 aliphatic rings. The van der Waals surface area contributed by atoms with E-state index in [1.807, 2.05) is 18.2 Å². The van der Waals surface area contributed by atoms with Crippen molar-refractivity contribution in [1.82, 2.24) is 0 Å². The predicted octanol–water partition coefficient (Wildman–Crippen LogP) is 2.43. The maximum atomic E-state index is 9.42. The van der Waals surface area contributed by atoms with Gasteiger partial charge in [-0.2, -0.15) is 0 Å². The van der Waals surface area contributed by atoms with Gasteiger partial charge in [0.25, 0.3) is 0 Å². The lowest BCUT2D eigenvalue weighted by molar-refractivity contribution is 0.243. The summed E-state index contributed by atoms with van der Waals surface area (Å²) in [6.07, 6.45) is 3.12. The van der Waals surface area contributed by atoms with Gasteiger partial charge in [-0.25, -0.2) is 0 Å². The normalized spacial score (nSPS) is 20.2. The molecule has 1 unspecified atom stereocenters. The van der Waals surface area contributed by atoms with Crippen molar-refractivity contribution in [3.63, 3.8) is 0 Å². The number of aliphatic hydroxyl groups excluding tert-OH is 2. The highest BCUT2D eigenvalue weighted by Gasteiger charge is 2.22. The van der Waals surface area contributed by atoms with Gasteiger partial charge in [-0.3, -0.25) is 0 Å². The minimum absolute atomic E-state index is 0.0110. The molecule has 1 aliphatic heterocycles. The molecule has 100 valence electrons. The number of aliphatic hydroxyl groups is 2. The molecule has 2 rings (SSSR count). The number of piperidine rings is 1. The topological polar surface area (TPSA) is 43.7 Å². The molecule has 0 aliphatic carbocycles. The van der Waals surface area contributed by atoms with E-state index in [1.54, 1.807) is 0 Å². The van der Waals surface area contributed by atoms with E-state index in [9.17, 15) is 5.11 Å². The first-order valence-corrected chi connectivity index (χ1v) is 6.88. The van der Waals surface area contributed by atoms with Crippen molar-refractivity contribution in [3.05, 3.63) is 28.8 Å². The van der Waals surface area contributed by atoms with Crippen LogP contribution in [0.15, 0.2) is 18.2 Å². The van der Waals surface area contributed by atoms with Gasteiger partial charge < -0.3 is 15.1 Å². The Kier molecular flexibility index (Phi) is 4.87. The molecule has 1 aromatic rings.